The lowest BCUT2D eigenvalue weighted by Gasteiger charge is -2.27. The molecule has 1 fully saturated rings. The van der Waals surface area contributed by atoms with Gasteiger partial charge in [0.05, 0.1) is 0 Å². The number of fused-ring (bicyclic) bond motifs is 1. The number of benzene rings is 1. The highest BCUT2D eigenvalue weighted by Gasteiger charge is 2.27. The highest BCUT2D eigenvalue weighted by atomic mass is 16.8. The zero-order valence-electron chi connectivity index (χ0n) is 12.3. The molecule has 2 unspecified atom stereocenters. The largest absolute Gasteiger partial charge is 0.480 e. The Balaban J connectivity index is 1.54. The number of aryl methyl sites for hydroxylation is 1. The number of hydrogen-bond donors (Lipinski definition) is 1. The summed E-state index contributed by atoms with van der Waals surface area (Å²) in [6.07, 6.45) is 8.71. The second-order valence-electron chi connectivity index (χ2n) is 5.49. The highest BCUT2D eigenvalue weighted by molar-refractivity contribution is 5.80. The van der Waals surface area contributed by atoms with E-state index in [0.717, 1.165) is 36.8 Å². The molecule has 22 heavy (non-hydrogen) atoms. The average Bonchev–Trinajstić information content (AvgIpc) is 2.59. The second-order valence-corrected chi connectivity index (χ2v) is 5.49. The van der Waals surface area contributed by atoms with Gasteiger partial charge in [-0.3, -0.25) is 4.79 Å². The Kier molecular flexibility index (Phi) is 4.62. The molecule has 3 rings (SSSR count). The van der Waals surface area contributed by atoms with Crippen molar-refractivity contribution in [3.05, 3.63) is 29.3 Å². The number of carbonyl (C=O) groups is 1. The van der Waals surface area contributed by atoms with Gasteiger partial charge in [-0.25, -0.2) is 10.3 Å². The Bertz CT molecular complexity index is 587. The van der Waals surface area contributed by atoms with E-state index < -0.39 is 6.10 Å². The molecular formula is C17H19NO4. The van der Waals surface area contributed by atoms with Crippen LogP contribution in [-0.2, 0) is 20.8 Å². The molecule has 5 heteroatoms. The minimum atomic E-state index is -0.548. The molecule has 2 atom stereocenters. The molecule has 0 aliphatic carbocycles. The molecule has 2 heterocycles. The normalized spacial score (nSPS) is 23.8. The fraction of sp³-hybridized carbons (Fsp3) is 0.471. The molecule has 1 saturated heterocycles. The van der Waals surface area contributed by atoms with Gasteiger partial charge in [0.15, 0.2) is 12.4 Å². The summed E-state index contributed by atoms with van der Waals surface area (Å²) in [6, 6.07) is 5.55. The first-order valence-corrected chi connectivity index (χ1v) is 7.59. The molecule has 0 saturated carbocycles. The van der Waals surface area contributed by atoms with Crippen LogP contribution in [0, 0.1) is 12.3 Å². The van der Waals surface area contributed by atoms with Crippen molar-refractivity contribution in [3.8, 4) is 18.1 Å². The number of amides is 1. The number of nitrogens with one attached hydrogen (secondary N) is 1. The Labute approximate surface area is 129 Å². The van der Waals surface area contributed by atoms with Crippen LogP contribution in [0.3, 0.4) is 0 Å². The van der Waals surface area contributed by atoms with Crippen LogP contribution < -0.4 is 10.2 Å². The van der Waals surface area contributed by atoms with Crippen LogP contribution in [0.2, 0.25) is 0 Å². The predicted octanol–water partition coefficient (Wildman–Crippen LogP) is 1.94. The molecule has 116 valence electrons. The van der Waals surface area contributed by atoms with Gasteiger partial charge in [-0.05, 0) is 49.4 Å². The van der Waals surface area contributed by atoms with Gasteiger partial charge in [-0.15, -0.1) is 6.42 Å². The zero-order valence-corrected chi connectivity index (χ0v) is 12.3. The smallest absolute Gasteiger partial charge is 0.284 e. The fourth-order valence-electron chi connectivity index (χ4n) is 2.66. The summed E-state index contributed by atoms with van der Waals surface area (Å²) in [5.41, 5.74) is 4.31. The van der Waals surface area contributed by atoms with Gasteiger partial charge in [-0.1, -0.05) is 5.92 Å². The molecule has 0 aromatic heterocycles. The first-order chi connectivity index (χ1) is 10.8. The number of carbonyl (C=O) groups excluding carboxylic acids is 1. The first kappa shape index (κ1) is 14.9. The third-order valence-corrected chi connectivity index (χ3v) is 3.89. The SMILES string of the molecule is C#Cc1ccc2c(c1)CCC(C(=O)NOC1CCCCO1)O2. The molecule has 2 aliphatic rings. The lowest BCUT2D eigenvalue weighted by molar-refractivity contribution is -0.203. The Hall–Kier alpha value is -2.03. The maximum atomic E-state index is 12.1. The van der Waals surface area contributed by atoms with Crippen LogP contribution in [0.25, 0.3) is 0 Å². The molecule has 0 spiro atoms. The van der Waals surface area contributed by atoms with Gasteiger partial charge in [0, 0.05) is 18.6 Å². The van der Waals surface area contributed by atoms with Crippen molar-refractivity contribution in [3.63, 3.8) is 0 Å². The number of hydroxylamine groups is 1. The highest BCUT2D eigenvalue weighted by Crippen LogP contribution is 2.28. The summed E-state index contributed by atoms with van der Waals surface area (Å²) in [7, 11) is 0. The Morgan fingerprint density at radius 1 is 1.36 bits per heavy atom. The number of ether oxygens (including phenoxy) is 2. The Morgan fingerprint density at radius 2 is 2.27 bits per heavy atom. The first-order valence-electron chi connectivity index (χ1n) is 7.59. The summed E-state index contributed by atoms with van der Waals surface area (Å²) >= 11 is 0. The van der Waals surface area contributed by atoms with Gasteiger partial charge in [0.2, 0.25) is 0 Å². The van der Waals surface area contributed by atoms with Crippen molar-refractivity contribution in [2.24, 2.45) is 0 Å². The van der Waals surface area contributed by atoms with Crippen molar-refractivity contribution >= 4 is 5.91 Å². The summed E-state index contributed by atoms with van der Waals surface area (Å²) in [5.74, 6) is 3.03. The second kappa shape index (κ2) is 6.82. The minimum absolute atomic E-state index is 0.277. The summed E-state index contributed by atoms with van der Waals surface area (Å²) in [6.45, 7) is 0.672. The number of hydrogen-bond acceptors (Lipinski definition) is 4. The van der Waals surface area contributed by atoms with Gasteiger partial charge in [-0.2, -0.15) is 0 Å². The molecule has 1 N–H and O–H groups in total. The van der Waals surface area contributed by atoms with Crippen molar-refractivity contribution in [2.45, 2.75) is 44.5 Å². The van der Waals surface area contributed by atoms with Crippen molar-refractivity contribution in [2.75, 3.05) is 6.61 Å². The fourth-order valence-corrected chi connectivity index (χ4v) is 2.66. The van der Waals surface area contributed by atoms with Crippen molar-refractivity contribution in [1.29, 1.82) is 0 Å². The maximum absolute atomic E-state index is 12.1. The van der Waals surface area contributed by atoms with Gasteiger partial charge < -0.3 is 9.47 Å². The van der Waals surface area contributed by atoms with Crippen molar-refractivity contribution < 1.29 is 19.1 Å². The lowest BCUT2D eigenvalue weighted by Crippen LogP contribution is -2.42. The van der Waals surface area contributed by atoms with Crippen LogP contribution in [0.15, 0.2) is 18.2 Å². The number of terminal acetylenes is 1. The monoisotopic (exact) mass is 301 g/mol. The van der Waals surface area contributed by atoms with Crippen LogP contribution in [0.5, 0.6) is 5.75 Å². The predicted molar refractivity (Wildman–Crippen MR) is 79.9 cm³/mol. The third-order valence-electron chi connectivity index (χ3n) is 3.89. The topological polar surface area (TPSA) is 56.8 Å². The van der Waals surface area contributed by atoms with Crippen LogP contribution >= 0.6 is 0 Å². The maximum Gasteiger partial charge on any atom is 0.284 e. The summed E-state index contributed by atoms with van der Waals surface area (Å²) in [4.78, 5) is 17.4. The van der Waals surface area contributed by atoms with Crippen LogP contribution in [0.1, 0.15) is 36.8 Å². The summed E-state index contributed by atoms with van der Waals surface area (Å²) < 4.78 is 11.1. The van der Waals surface area contributed by atoms with E-state index in [4.69, 9.17) is 20.7 Å². The molecule has 1 aromatic carbocycles. The molecule has 1 aromatic rings. The molecule has 5 nitrogen and oxygen atoms in total. The van der Waals surface area contributed by atoms with Crippen LogP contribution in [-0.4, -0.2) is 24.9 Å². The van der Waals surface area contributed by atoms with Crippen molar-refractivity contribution in [1.82, 2.24) is 5.48 Å². The third kappa shape index (κ3) is 3.41. The van der Waals surface area contributed by atoms with E-state index in [1.54, 1.807) is 0 Å². The number of rotatable bonds is 3. The van der Waals surface area contributed by atoms with Crippen LogP contribution in [0.4, 0.5) is 0 Å². The van der Waals surface area contributed by atoms with Gasteiger partial charge in [0.1, 0.15) is 5.75 Å². The van der Waals surface area contributed by atoms with E-state index in [0.29, 0.717) is 18.8 Å². The van der Waals surface area contributed by atoms with E-state index in [2.05, 4.69) is 11.4 Å². The van der Waals surface area contributed by atoms with Gasteiger partial charge in [0.25, 0.3) is 5.91 Å². The van der Waals surface area contributed by atoms with E-state index >= 15 is 0 Å². The van der Waals surface area contributed by atoms with E-state index in [9.17, 15) is 4.79 Å². The van der Waals surface area contributed by atoms with E-state index in [1.807, 2.05) is 18.2 Å². The quantitative estimate of drug-likeness (QED) is 0.685. The standard InChI is InChI=1S/C17H19NO4/c1-2-12-6-8-14-13(11-12)7-9-15(21-14)17(19)18-22-16-5-3-4-10-20-16/h1,6,8,11,15-16H,3-5,7,9-10H2,(H,18,19). The molecule has 0 radical (unpaired) electrons. The molecular weight excluding hydrogens is 282 g/mol. The zero-order chi connectivity index (χ0) is 15.4. The Morgan fingerprint density at radius 3 is 3.05 bits per heavy atom. The summed E-state index contributed by atoms with van der Waals surface area (Å²) in [5, 5.41) is 0. The minimum Gasteiger partial charge on any atom is -0.480 e. The van der Waals surface area contributed by atoms with E-state index in [-0.39, 0.29) is 12.2 Å². The lowest BCUT2D eigenvalue weighted by atomic mass is 10.00. The molecule has 2 aliphatic heterocycles. The molecule has 1 amide bonds. The van der Waals surface area contributed by atoms with Gasteiger partial charge >= 0.3 is 0 Å². The average molecular weight is 301 g/mol. The van der Waals surface area contributed by atoms with E-state index in [1.165, 1.54) is 0 Å². The molecule has 0 bridgehead atoms.